The number of amides is 2. The van der Waals surface area contributed by atoms with Gasteiger partial charge in [-0.1, -0.05) is 36.4 Å². The highest BCUT2D eigenvalue weighted by Gasteiger charge is 2.19. The molecule has 0 N–H and O–H groups in total. The second-order valence-electron chi connectivity index (χ2n) is 5.94. The fourth-order valence-corrected chi connectivity index (χ4v) is 3.42. The summed E-state index contributed by atoms with van der Waals surface area (Å²) in [6.45, 7) is 8.70. The van der Waals surface area contributed by atoms with Gasteiger partial charge in [-0.3, -0.25) is 9.59 Å². The topological polar surface area (TPSA) is 40.6 Å². The molecule has 0 saturated heterocycles. The normalized spacial score (nSPS) is 10.3. The summed E-state index contributed by atoms with van der Waals surface area (Å²) < 4.78 is 0. The molecule has 0 aliphatic rings. The third kappa shape index (κ3) is 5.87. The van der Waals surface area contributed by atoms with Gasteiger partial charge < -0.3 is 9.80 Å². The SMILES string of the molecule is C=CCN(CC(=O)N(Cc1ccccc1)Cc1ccc(C)s1)C(C)=O. The number of nitrogens with zero attached hydrogens (tertiary/aromatic N) is 2. The van der Waals surface area contributed by atoms with Crippen molar-refractivity contribution in [3.63, 3.8) is 0 Å². The van der Waals surface area contributed by atoms with Crippen molar-refractivity contribution in [3.05, 3.63) is 70.4 Å². The van der Waals surface area contributed by atoms with Crippen LogP contribution in [0.2, 0.25) is 0 Å². The fraction of sp³-hybridized carbons (Fsp3) is 0.300. The highest BCUT2D eigenvalue weighted by Crippen LogP contribution is 2.19. The van der Waals surface area contributed by atoms with Crippen LogP contribution < -0.4 is 0 Å². The summed E-state index contributed by atoms with van der Waals surface area (Å²) in [6, 6.07) is 14.0. The number of carbonyl (C=O) groups excluding carboxylic acids is 2. The molecule has 0 aliphatic carbocycles. The third-order valence-electron chi connectivity index (χ3n) is 3.83. The second kappa shape index (κ2) is 9.18. The Morgan fingerprint density at radius 2 is 1.80 bits per heavy atom. The molecule has 25 heavy (non-hydrogen) atoms. The fourth-order valence-electron chi connectivity index (χ4n) is 2.52. The smallest absolute Gasteiger partial charge is 0.242 e. The first-order valence-electron chi connectivity index (χ1n) is 8.23. The minimum atomic E-state index is -0.125. The lowest BCUT2D eigenvalue weighted by Gasteiger charge is -2.26. The van der Waals surface area contributed by atoms with Crippen LogP contribution in [0.3, 0.4) is 0 Å². The summed E-state index contributed by atoms with van der Waals surface area (Å²) in [4.78, 5) is 30.2. The van der Waals surface area contributed by atoms with Crippen LogP contribution in [-0.4, -0.2) is 34.7 Å². The van der Waals surface area contributed by atoms with Crippen molar-refractivity contribution in [1.29, 1.82) is 0 Å². The number of thiophene rings is 1. The standard InChI is InChI=1S/C20H24N2O2S/c1-4-12-21(17(3)23)15-20(24)22(13-18-8-6-5-7-9-18)14-19-11-10-16(2)25-19/h4-11H,1,12-15H2,2-3H3. The molecule has 0 fully saturated rings. The molecule has 4 nitrogen and oxygen atoms in total. The number of hydrogen-bond acceptors (Lipinski definition) is 3. The Hall–Kier alpha value is -2.40. The maximum absolute atomic E-state index is 12.9. The molecule has 5 heteroatoms. The van der Waals surface area contributed by atoms with Crippen LogP contribution in [0, 0.1) is 6.92 Å². The molecular weight excluding hydrogens is 332 g/mol. The summed E-state index contributed by atoms with van der Waals surface area (Å²) in [6.07, 6.45) is 1.64. The predicted octanol–water partition coefficient (Wildman–Crippen LogP) is 3.62. The Kier molecular flexibility index (Phi) is 6.95. The van der Waals surface area contributed by atoms with Gasteiger partial charge in [-0.15, -0.1) is 17.9 Å². The van der Waals surface area contributed by atoms with E-state index in [2.05, 4.69) is 25.6 Å². The average Bonchev–Trinajstić information content (AvgIpc) is 2.99. The molecule has 2 aromatic rings. The molecule has 0 bridgehead atoms. The van der Waals surface area contributed by atoms with Crippen LogP contribution in [0.25, 0.3) is 0 Å². The van der Waals surface area contributed by atoms with Gasteiger partial charge in [-0.05, 0) is 24.6 Å². The van der Waals surface area contributed by atoms with E-state index >= 15 is 0 Å². The highest BCUT2D eigenvalue weighted by atomic mass is 32.1. The van der Waals surface area contributed by atoms with E-state index in [4.69, 9.17) is 0 Å². The van der Waals surface area contributed by atoms with Crippen LogP contribution in [0.4, 0.5) is 0 Å². The van der Waals surface area contributed by atoms with Crippen LogP contribution in [-0.2, 0) is 22.7 Å². The summed E-state index contributed by atoms with van der Waals surface area (Å²) in [5.74, 6) is -0.188. The second-order valence-corrected chi connectivity index (χ2v) is 7.31. The van der Waals surface area contributed by atoms with Crippen molar-refractivity contribution >= 4 is 23.2 Å². The molecule has 0 unspecified atom stereocenters. The lowest BCUT2D eigenvalue weighted by molar-refractivity contribution is -0.139. The van der Waals surface area contributed by atoms with E-state index in [-0.39, 0.29) is 18.4 Å². The van der Waals surface area contributed by atoms with E-state index in [0.29, 0.717) is 19.6 Å². The number of aryl methyl sites for hydroxylation is 1. The van der Waals surface area contributed by atoms with Crippen molar-refractivity contribution in [2.75, 3.05) is 13.1 Å². The Labute approximate surface area is 153 Å². The van der Waals surface area contributed by atoms with Gasteiger partial charge in [0, 0.05) is 29.8 Å². The van der Waals surface area contributed by atoms with Gasteiger partial charge in [-0.25, -0.2) is 0 Å². The van der Waals surface area contributed by atoms with Crippen molar-refractivity contribution in [3.8, 4) is 0 Å². The Morgan fingerprint density at radius 1 is 1.08 bits per heavy atom. The van der Waals surface area contributed by atoms with Crippen LogP contribution in [0.1, 0.15) is 22.2 Å². The summed E-state index contributed by atoms with van der Waals surface area (Å²) in [5.41, 5.74) is 1.07. The highest BCUT2D eigenvalue weighted by molar-refractivity contribution is 7.11. The van der Waals surface area contributed by atoms with Gasteiger partial charge in [-0.2, -0.15) is 0 Å². The summed E-state index contributed by atoms with van der Waals surface area (Å²) >= 11 is 1.69. The largest absolute Gasteiger partial charge is 0.332 e. The Bertz CT molecular complexity index is 724. The van der Waals surface area contributed by atoms with E-state index in [1.807, 2.05) is 30.3 Å². The average molecular weight is 356 g/mol. The third-order valence-corrected chi connectivity index (χ3v) is 4.82. The molecule has 1 aromatic carbocycles. The quantitative estimate of drug-likeness (QED) is 0.678. The van der Waals surface area contributed by atoms with Crippen molar-refractivity contribution in [1.82, 2.24) is 9.80 Å². The number of rotatable bonds is 8. The molecule has 0 radical (unpaired) electrons. The van der Waals surface area contributed by atoms with E-state index in [1.165, 1.54) is 16.7 Å². The van der Waals surface area contributed by atoms with Crippen LogP contribution in [0.5, 0.6) is 0 Å². The van der Waals surface area contributed by atoms with Gasteiger partial charge in [0.2, 0.25) is 11.8 Å². The molecule has 2 rings (SSSR count). The van der Waals surface area contributed by atoms with Crippen molar-refractivity contribution < 1.29 is 9.59 Å². The van der Waals surface area contributed by atoms with Gasteiger partial charge in [0.15, 0.2) is 0 Å². The zero-order valence-corrected chi connectivity index (χ0v) is 15.6. The van der Waals surface area contributed by atoms with Gasteiger partial charge in [0.05, 0.1) is 6.54 Å². The zero-order chi connectivity index (χ0) is 18.2. The van der Waals surface area contributed by atoms with E-state index < -0.39 is 0 Å². The first-order chi connectivity index (χ1) is 12.0. The molecule has 0 spiro atoms. The minimum Gasteiger partial charge on any atom is -0.332 e. The van der Waals surface area contributed by atoms with Gasteiger partial charge in [0.25, 0.3) is 0 Å². The molecule has 2 amide bonds. The number of hydrogen-bond donors (Lipinski definition) is 0. The van der Waals surface area contributed by atoms with Crippen LogP contribution in [0.15, 0.2) is 55.1 Å². The molecule has 1 heterocycles. The first-order valence-corrected chi connectivity index (χ1v) is 9.04. The molecular formula is C20H24N2O2S. The lowest BCUT2D eigenvalue weighted by Crippen LogP contribution is -2.41. The van der Waals surface area contributed by atoms with Crippen molar-refractivity contribution in [2.24, 2.45) is 0 Å². The summed E-state index contributed by atoms with van der Waals surface area (Å²) in [7, 11) is 0. The molecule has 0 atom stereocenters. The molecule has 0 saturated carbocycles. The predicted molar refractivity (Wildman–Crippen MR) is 102 cm³/mol. The van der Waals surface area contributed by atoms with E-state index in [0.717, 1.165) is 10.4 Å². The van der Waals surface area contributed by atoms with Crippen LogP contribution >= 0.6 is 11.3 Å². The maximum atomic E-state index is 12.9. The van der Waals surface area contributed by atoms with E-state index in [9.17, 15) is 9.59 Å². The summed E-state index contributed by atoms with van der Waals surface area (Å²) in [5, 5.41) is 0. The van der Waals surface area contributed by atoms with E-state index in [1.54, 1.807) is 22.3 Å². The monoisotopic (exact) mass is 356 g/mol. The zero-order valence-electron chi connectivity index (χ0n) is 14.8. The molecule has 1 aromatic heterocycles. The Morgan fingerprint density at radius 3 is 2.36 bits per heavy atom. The molecule has 132 valence electrons. The Balaban J connectivity index is 2.15. The first kappa shape index (κ1) is 18.9. The maximum Gasteiger partial charge on any atom is 0.242 e. The van der Waals surface area contributed by atoms with Crippen molar-refractivity contribution in [2.45, 2.75) is 26.9 Å². The van der Waals surface area contributed by atoms with Gasteiger partial charge in [0.1, 0.15) is 6.54 Å². The molecule has 0 aliphatic heterocycles. The van der Waals surface area contributed by atoms with Gasteiger partial charge >= 0.3 is 0 Å². The lowest BCUT2D eigenvalue weighted by atomic mass is 10.2. The number of benzene rings is 1. The minimum absolute atomic E-state index is 0.0630. The number of carbonyl (C=O) groups is 2.